The van der Waals surface area contributed by atoms with E-state index in [0.29, 0.717) is 6.32 Å². The van der Waals surface area contributed by atoms with Gasteiger partial charge < -0.3 is 0 Å². The number of hydrogen-bond acceptors (Lipinski definition) is 0. The molecule has 0 nitrogen and oxygen atoms in total. The summed E-state index contributed by atoms with van der Waals surface area (Å²) in [6.45, 7) is 5.53. The lowest BCUT2D eigenvalue weighted by Gasteiger charge is -1.91. The maximum Gasteiger partial charge on any atom is 0.355 e. The van der Waals surface area contributed by atoms with Gasteiger partial charge in [0.05, 0.1) is 0 Å². The predicted molar refractivity (Wildman–Crippen MR) is 37.1 cm³/mol. The molecule has 40 valence electrons. The fraction of sp³-hybridized carbons (Fsp3) is 0.500. The van der Waals surface area contributed by atoms with Gasteiger partial charge in [0, 0.05) is 0 Å². The molecule has 0 aromatic rings. The zero-order valence-electron chi connectivity index (χ0n) is 4.25. The average Bonchev–Trinajstić information content (AvgIpc) is 1.27. The minimum Gasteiger partial charge on any atom is -0.171 e. The highest BCUT2D eigenvalue weighted by atomic mass is 35.5. The van der Waals surface area contributed by atoms with Crippen LogP contribution in [-0.4, -0.2) is 5.54 Å². The number of rotatable bonds is 2. The lowest BCUT2D eigenvalue weighted by atomic mass is 9.96. The molecule has 0 bridgehead atoms. The Hall–Kier alpha value is 0.385. The third kappa shape index (κ3) is 6.38. The molecule has 0 aromatic carbocycles. The Kier molecular flexibility index (Phi) is 3.58. The van der Waals surface area contributed by atoms with Crippen molar-refractivity contribution in [3.05, 3.63) is 12.2 Å². The zero-order chi connectivity index (χ0) is 5.86. The van der Waals surface area contributed by atoms with E-state index in [-0.39, 0.29) is 5.54 Å². The lowest BCUT2D eigenvalue weighted by Crippen LogP contribution is -1.89. The highest BCUT2D eigenvalue weighted by Gasteiger charge is 2.02. The van der Waals surface area contributed by atoms with Crippen LogP contribution in [0.4, 0.5) is 0 Å². The van der Waals surface area contributed by atoms with E-state index in [1.54, 1.807) is 0 Å². The van der Waals surface area contributed by atoms with Crippen molar-refractivity contribution in [3.63, 3.8) is 0 Å². The van der Waals surface area contributed by atoms with Crippen molar-refractivity contribution in [2.24, 2.45) is 0 Å². The van der Waals surface area contributed by atoms with E-state index in [1.807, 2.05) is 6.92 Å². The third-order valence-electron chi connectivity index (χ3n) is 0.503. The molecule has 0 aromatic heterocycles. The normalized spacial score (nSPS) is 8.43. The minimum absolute atomic E-state index is 0.280. The van der Waals surface area contributed by atoms with Gasteiger partial charge in [0.2, 0.25) is 0 Å². The van der Waals surface area contributed by atoms with Crippen molar-refractivity contribution in [1.29, 1.82) is 0 Å². The molecule has 0 N–H and O–H groups in total. The van der Waals surface area contributed by atoms with Gasteiger partial charge in [-0.3, -0.25) is 0 Å². The maximum absolute atomic E-state index is 5.38. The van der Waals surface area contributed by atoms with Gasteiger partial charge >= 0.3 is 5.54 Å². The van der Waals surface area contributed by atoms with E-state index >= 15 is 0 Å². The van der Waals surface area contributed by atoms with Gasteiger partial charge in [0.15, 0.2) is 0 Å². The Morgan fingerprint density at radius 2 is 2.14 bits per heavy atom. The second kappa shape index (κ2) is 3.39. The maximum atomic E-state index is 5.38. The smallest absolute Gasteiger partial charge is 0.171 e. The van der Waals surface area contributed by atoms with Crippen molar-refractivity contribution in [1.82, 2.24) is 0 Å². The average molecular weight is 137 g/mol. The number of allylic oxidation sites excluding steroid dienone is 1. The summed E-state index contributed by atoms with van der Waals surface area (Å²) < 4.78 is 0. The molecule has 0 atom stereocenters. The molecule has 0 spiro atoms. The fourth-order valence-corrected chi connectivity index (χ4v) is 0.790. The van der Waals surface area contributed by atoms with Crippen LogP contribution in [0.5, 0.6) is 0 Å². The number of halogens is 2. The lowest BCUT2D eigenvalue weighted by molar-refractivity contribution is 1.40. The van der Waals surface area contributed by atoms with Crippen LogP contribution in [0.25, 0.3) is 0 Å². The molecule has 0 aliphatic heterocycles. The molecule has 0 radical (unpaired) electrons. The molecule has 0 aliphatic carbocycles. The van der Waals surface area contributed by atoms with Crippen molar-refractivity contribution in [3.8, 4) is 0 Å². The van der Waals surface area contributed by atoms with E-state index in [1.165, 1.54) is 0 Å². The van der Waals surface area contributed by atoms with Crippen molar-refractivity contribution in [2.45, 2.75) is 13.2 Å². The molecule has 0 amide bonds. The van der Waals surface area contributed by atoms with Crippen molar-refractivity contribution in [2.75, 3.05) is 0 Å². The van der Waals surface area contributed by atoms with Gasteiger partial charge in [-0.1, -0.05) is 5.57 Å². The summed E-state index contributed by atoms with van der Waals surface area (Å²) in [5.74, 6) is 0. The zero-order valence-corrected chi connectivity index (χ0v) is 5.76. The van der Waals surface area contributed by atoms with Gasteiger partial charge in [-0.05, 0) is 13.2 Å². The largest absolute Gasteiger partial charge is 0.355 e. The second-order valence-corrected chi connectivity index (χ2v) is 2.83. The third-order valence-corrected chi connectivity index (χ3v) is 0.811. The molecule has 0 unspecified atom stereocenters. The van der Waals surface area contributed by atoms with Crippen LogP contribution < -0.4 is 0 Å². The second-order valence-electron chi connectivity index (χ2n) is 1.55. The van der Waals surface area contributed by atoms with E-state index < -0.39 is 0 Å². The summed E-state index contributed by atoms with van der Waals surface area (Å²) >= 11 is 10.8. The molecule has 7 heavy (non-hydrogen) atoms. The fourth-order valence-electron chi connectivity index (χ4n) is 0.263. The van der Waals surface area contributed by atoms with Crippen molar-refractivity contribution < 1.29 is 0 Å². The first-order valence-electron chi connectivity index (χ1n) is 2.05. The van der Waals surface area contributed by atoms with E-state index in [4.69, 9.17) is 22.9 Å². The number of hydrogen-bond donors (Lipinski definition) is 0. The first-order valence-corrected chi connectivity index (χ1v) is 2.92. The molecule has 0 saturated heterocycles. The Bertz CT molecular complexity index is 70.1. The standard InChI is InChI=1S/C4H7BCl2/c1-4(2)3-5(6)7/h1,3H2,2H3. The monoisotopic (exact) mass is 136 g/mol. The minimum atomic E-state index is -0.280. The molecule has 0 saturated carbocycles. The Morgan fingerprint density at radius 3 is 2.14 bits per heavy atom. The van der Waals surface area contributed by atoms with Crippen LogP contribution in [0.1, 0.15) is 6.92 Å². The van der Waals surface area contributed by atoms with Crippen LogP contribution in [0, 0.1) is 0 Å². The summed E-state index contributed by atoms with van der Waals surface area (Å²) in [6, 6.07) is 0. The van der Waals surface area contributed by atoms with Gasteiger partial charge in [0.25, 0.3) is 0 Å². The summed E-state index contributed by atoms with van der Waals surface area (Å²) in [7, 11) is 0. The quantitative estimate of drug-likeness (QED) is 0.405. The molecule has 0 aliphatic rings. The van der Waals surface area contributed by atoms with Crippen molar-refractivity contribution >= 4 is 28.5 Å². The van der Waals surface area contributed by atoms with Crippen LogP contribution >= 0.6 is 22.9 Å². The summed E-state index contributed by atoms with van der Waals surface area (Å²) in [6.07, 6.45) is 0.698. The van der Waals surface area contributed by atoms with Gasteiger partial charge in [-0.15, -0.1) is 6.58 Å². The molecule has 0 heterocycles. The van der Waals surface area contributed by atoms with Crippen LogP contribution in [0.3, 0.4) is 0 Å². The summed E-state index contributed by atoms with van der Waals surface area (Å²) in [4.78, 5) is 0. The van der Waals surface area contributed by atoms with Crippen LogP contribution in [-0.2, 0) is 0 Å². The highest BCUT2D eigenvalue weighted by molar-refractivity contribution is 7.34. The SMILES string of the molecule is C=C(C)CB(Cl)Cl. The first-order chi connectivity index (χ1) is 3.13. The predicted octanol–water partition coefficient (Wildman–Crippen LogP) is 2.53. The molecule has 3 heteroatoms. The molecular formula is C4H7BCl2. The van der Waals surface area contributed by atoms with E-state index in [9.17, 15) is 0 Å². The highest BCUT2D eigenvalue weighted by Crippen LogP contribution is 2.08. The summed E-state index contributed by atoms with van der Waals surface area (Å²) in [5.41, 5.74) is 0.743. The Morgan fingerprint density at radius 1 is 1.71 bits per heavy atom. The molecule has 0 fully saturated rings. The topological polar surface area (TPSA) is 0 Å². The van der Waals surface area contributed by atoms with Gasteiger partial charge in [-0.2, -0.15) is 22.9 Å². The molecular weight excluding hydrogens is 130 g/mol. The first kappa shape index (κ1) is 7.38. The Balaban J connectivity index is 3.13. The summed E-state index contributed by atoms with van der Waals surface area (Å²) in [5, 5.41) is 0. The van der Waals surface area contributed by atoms with Crippen LogP contribution in [0.15, 0.2) is 12.2 Å². The Labute approximate surface area is 54.4 Å². The van der Waals surface area contributed by atoms with E-state index in [2.05, 4.69) is 6.58 Å². The van der Waals surface area contributed by atoms with E-state index in [0.717, 1.165) is 5.57 Å². The van der Waals surface area contributed by atoms with Gasteiger partial charge in [0.1, 0.15) is 0 Å². The van der Waals surface area contributed by atoms with Gasteiger partial charge in [-0.25, -0.2) is 0 Å². The molecule has 0 rings (SSSR count). The van der Waals surface area contributed by atoms with Crippen LogP contribution in [0.2, 0.25) is 6.32 Å².